The maximum atomic E-state index is 10.4. The second kappa shape index (κ2) is 5.01. The minimum absolute atomic E-state index is 0.0997. The van der Waals surface area contributed by atoms with Crippen molar-refractivity contribution in [2.45, 2.75) is 0 Å². The predicted molar refractivity (Wildman–Crippen MR) is 47.1 cm³/mol. The Labute approximate surface area is 88.4 Å². The molecular weight excluding hydrogens is 230 g/mol. The lowest BCUT2D eigenvalue weighted by molar-refractivity contribution is -0.384. The van der Waals surface area contributed by atoms with Crippen LogP contribution in [0.15, 0.2) is 24.3 Å². The van der Waals surface area contributed by atoms with E-state index >= 15 is 0 Å². The molecule has 0 unspecified atom stereocenters. The quantitative estimate of drug-likeness (QED) is 0.452. The summed E-state index contributed by atoms with van der Waals surface area (Å²) in [7, 11) is 0. The van der Waals surface area contributed by atoms with E-state index in [0.717, 1.165) is 0 Å². The van der Waals surface area contributed by atoms with Gasteiger partial charge in [-0.25, -0.2) is 4.89 Å². The van der Waals surface area contributed by atoms with Gasteiger partial charge in [0.05, 0.1) is 4.92 Å². The first kappa shape index (κ1) is 11.1. The zero-order chi connectivity index (χ0) is 11.3. The molecular formula is C7H4ClNO6. The van der Waals surface area contributed by atoms with Gasteiger partial charge in [-0.1, -0.05) is 0 Å². The summed E-state index contributed by atoms with van der Waals surface area (Å²) in [5, 5.41) is 10.3. The first-order valence-electron chi connectivity index (χ1n) is 3.55. The van der Waals surface area contributed by atoms with Crippen LogP contribution in [0.25, 0.3) is 0 Å². The highest BCUT2D eigenvalue weighted by atomic mass is 35.5. The number of carbonyl (C=O) groups excluding carboxylic acids is 1. The summed E-state index contributed by atoms with van der Waals surface area (Å²) in [6.45, 7) is 0. The van der Waals surface area contributed by atoms with Gasteiger partial charge >= 0.3 is 6.16 Å². The fourth-order valence-corrected chi connectivity index (χ4v) is 0.744. The van der Waals surface area contributed by atoms with Gasteiger partial charge < -0.3 is 4.29 Å². The van der Waals surface area contributed by atoms with Gasteiger partial charge in [-0.2, -0.15) is 4.79 Å². The summed E-state index contributed by atoms with van der Waals surface area (Å²) in [5.74, 6) is 0.0997. The number of nitrogens with zero attached hydrogens (tertiary/aromatic N) is 1. The Morgan fingerprint density at radius 2 is 1.93 bits per heavy atom. The number of nitro benzene ring substituents is 1. The summed E-state index contributed by atoms with van der Waals surface area (Å²) < 4.78 is 3.61. The molecule has 80 valence electrons. The molecule has 0 spiro atoms. The van der Waals surface area contributed by atoms with Crippen molar-refractivity contribution in [3.05, 3.63) is 34.4 Å². The first-order valence-corrected chi connectivity index (χ1v) is 3.86. The third-order valence-electron chi connectivity index (χ3n) is 1.32. The first-order chi connectivity index (χ1) is 7.13. The fourth-order valence-electron chi connectivity index (χ4n) is 0.718. The number of carbonyl (C=O) groups is 1. The third kappa shape index (κ3) is 3.31. The van der Waals surface area contributed by atoms with Crippen molar-refractivity contribution in [1.29, 1.82) is 0 Å². The normalized spacial score (nSPS) is 9.13. The summed E-state index contributed by atoms with van der Waals surface area (Å²) >= 11 is 4.64. The average molecular weight is 234 g/mol. The molecule has 1 aromatic carbocycles. The van der Waals surface area contributed by atoms with Gasteiger partial charge in [0.1, 0.15) is 11.9 Å². The molecule has 0 heterocycles. The van der Waals surface area contributed by atoms with Crippen LogP contribution < -0.4 is 4.89 Å². The lowest BCUT2D eigenvalue weighted by Crippen LogP contribution is -2.05. The molecule has 7 nitrogen and oxygen atoms in total. The van der Waals surface area contributed by atoms with Crippen molar-refractivity contribution >= 4 is 23.7 Å². The fraction of sp³-hybridized carbons (Fsp3) is 0. The van der Waals surface area contributed by atoms with Gasteiger partial charge in [-0.3, -0.25) is 15.0 Å². The minimum Gasteiger partial charge on any atom is -0.312 e. The number of halogens is 1. The van der Waals surface area contributed by atoms with Gasteiger partial charge in [-0.15, -0.1) is 0 Å². The number of non-ortho nitro benzene ring substituents is 1. The van der Waals surface area contributed by atoms with Crippen LogP contribution in [0.1, 0.15) is 0 Å². The van der Waals surface area contributed by atoms with Crippen LogP contribution in [0.4, 0.5) is 10.5 Å². The van der Waals surface area contributed by atoms with Gasteiger partial charge in [0, 0.05) is 12.1 Å². The molecule has 0 amide bonds. The lowest BCUT2D eigenvalue weighted by Gasteiger charge is -2.00. The smallest absolute Gasteiger partial charge is 0.312 e. The van der Waals surface area contributed by atoms with Crippen molar-refractivity contribution < 1.29 is 23.8 Å². The minimum atomic E-state index is -1.24. The Kier molecular flexibility index (Phi) is 3.69. The molecule has 15 heavy (non-hydrogen) atoms. The monoisotopic (exact) mass is 233 g/mol. The topological polar surface area (TPSA) is 87.9 Å². The Bertz CT molecular complexity index is 364. The van der Waals surface area contributed by atoms with Gasteiger partial charge in [-0.05, 0) is 12.1 Å². The van der Waals surface area contributed by atoms with Crippen molar-refractivity contribution in [3.8, 4) is 5.75 Å². The second-order valence-electron chi connectivity index (χ2n) is 2.24. The average Bonchev–Trinajstić information content (AvgIpc) is 2.26. The largest absolute Gasteiger partial charge is 0.568 e. The summed E-state index contributed by atoms with van der Waals surface area (Å²) in [4.78, 5) is 28.5. The Hall–Kier alpha value is -2.02. The van der Waals surface area contributed by atoms with E-state index in [1.54, 1.807) is 0 Å². The van der Waals surface area contributed by atoms with E-state index in [1.165, 1.54) is 24.3 Å². The Morgan fingerprint density at radius 3 is 2.40 bits per heavy atom. The van der Waals surface area contributed by atoms with E-state index in [4.69, 9.17) is 0 Å². The van der Waals surface area contributed by atoms with Crippen LogP contribution in [0.3, 0.4) is 0 Å². The molecule has 0 saturated carbocycles. The van der Waals surface area contributed by atoms with Crippen LogP contribution >= 0.6 is 11.9 Å². The zero-order valence-electron chi connectivity index (χ0n) is 7.08. The molecule has 0 saturated heterocycles. The van der Waals surface area contributed by atoms with Crippen molar-refractivity contribution in [1.82, 2.24) is 0 Å². The molecule has 1 rings (SSSR count). The maximum Gasteiger partial charge on any atom is 0.568 e. The molecule has 0 aliphatic heterocycles. The second-order valence-corrected chi connectivity index (χ2v) is 2.40. The van der Waals surface area contributed by atoms with Crippen LogP contribution in [-0.4, -0.2) is 11.1 Å². The maximum absolute atomic E-state index is 10.4. The molecule has 0 aliphatic rings. The molecule has 0 fully saturated rings. The highest BCUT2D eigenvalue weighted by molar-refractivity contribution is 6.12. The lowest BCUT2D eigenvalue weighted by atomic mass is 10.3. The summed E-state index contributed by atoms with van der Waals surface area (Å²) in [5.41, 5.74) is -0.109. The third-order valence-corrected chi connectivity index (χ3v) is 1.44. The number of rotatable bonds is 3. The zero-order valence-corrected chi connectivity index (χ0v) is 7.84. The summed E-state index contributed by atoms with van der Waals surface area (Å²) in [6.07, 6.45) is -1.24. The number of nitro groups is 1. The van der Waals surface area contributed by atoms with E-state index in [0.29, 0.717) is 0 Å². The molecule has 0 N–H and O–H groups in total. The van der Waals surface area contributed by atoms with Gasteiger partial charge in [0.15, 0.2) is 5.75 Å². The number of benzene rings is 1. The highest BCUT2D eigenvalue weighted by Crippen LogP contribution is 2.17. The molecule has 0 bridgehead atoms. The van der Waals surface area contributed by atoms with Gasteiger partial charge in [0.25, 0.3) is 5.69 Å². The molecule has 0 radical (unpaired) electrons. The Balaban J connectivity index is 2.57. The van der Waals surface area contributed by atoms with Crippen LogP contribution in [0, 0.1) is 10.1 Å². The van der Waals surface area contributed by atoms with Gasteiger partial charge in [0.2, 0.25) is 0 Å². The van der Waals surface area contributed by atoms with Crippen molar-refractivity contribution in [3.63, 3.8) is 0 Å². The molecule has 8 heteroatoms. The molecule has 0 aromatic heterocycles. The van der Waals surface area contributed by atoms with E-state index < -0.39 is 11.1 Å². The SMILES string of the molecule is O=C(OCl)OOc1ccc([N+](=O)[O-])cc1. The number of hydrogen-bond acceptors (Lipinski definition) is 6. The van der Waals surface area contributed by atoms with Crippen molar-refractivity contribution in [2.75, 3.05) is 0 Å². The number of hydrogen-bond donors (Lipinski definition) is 0. The van der Waals surface area contributed by atoms with Crippen LogP contribution in [0.5, 0.6) is 5.75 Å². The van der Waals surface area contributed by atoms with Crippen molar-refractivity contribution in [2.24, 2.45) is 0 Å². The van der Waals surface area contributed by atoms with E-state index in [1.807, 2.05) is 0 Å². The van der Waals surface area contributed by atoms with E-state index in [2.05, 4.69) is 25.9 Å². The van der Waals surface area contributed by atoms with E-state index in [9.17, 15) is 14.9 Å². The molecule has 1 aromatic rings. The summed E-state index contributed by atoms with van der Waals surface area (Å²) in [6, 6.07) is 4.87. The van der Waals surface area contributed by atoms with E-state index in [-0.39, 0.29) is 11.4 Å². The molecule has 0 atom stereocenters. The van der Waals surface area contributed by atoms with Crippen LogP contribution in [-0.2, 0) is 9.18 Å². The predicted octanol–water partition coefficient (Wildman–Crippen LogP) is 2.20. The standard InChI is InChI=1S/C7H4ClNO6/c8-13-7(10)15-14-6-3-1-5(2-4-6)9(11)12/h1-4H. The molecule has 0 aliphatic carbocycles. The van der Waals surface area contributed by atoms with Crippen LogP contribution in [0.2, 0.25) is 0 Å². The highest BCUT2D eigenvalue weighted by Gasteiger charge is 2.07. The Morgan fingerprint density at radius 1 is 1.33 bits per heavy atom.